The first-order valence-electron chi connectivity index (χ1n) is 6.00. The molecule has 0 aliphatic rings. The average molecular weight is 259 g/mol. The SMILES string of the molecule is Cn1nccc1NC(=O)NCc1cccc(CN)c1. The van der Waals surface area contributed by atoms with Crippen molar-refractivity contribution in [3.63, 3.8) is 0 Å². The maximum atomic E-state index is 11.7. The molecule has 2 amide bonds. The van der Waals surface area contributed by atoms with Crippen molar-refractivity contribution >= 4 is 11.8 Å². The molecule has 1 heterocycles. The topological polar surface area (TPSA) is 85.0 Å². The molecule has 6 nitrogen and oxygen atoms in total. The van der Waals surface area contributed by atoms with E-state index in [1.54, 1.807) is 24.0 Å². The monoisotopic (exact) mass is 259 g/mol. The molecular weight excluding hydrogens is 242 g/mol. The number of urea groups is 1. The second-order valence-corrected chi connectivity index (χ2v) is 4.17. The van der Waals surface area contributed by atoms with E-state index in [1.165, 1.54) is 0 Å². The van der Waals surface area contributed by atoms with E-state index in [-0.39, 0.29) is 6.03 Å². The van der Waals surface area contributed by atoms with Crippen molar-refractivity contribution < 1.29 is 4.79 Å². The lowest BCUT2D eigenvalue weighted by Crippen LogP contribution is -2.29. The largest absolute Gasteiger partial charge is 0.334 e. The number of rotatable bonds is 4. The summed E-state index contributed by atoms with van der Waals surface area (Å²) in [6, 6.07) is 9.28. The lowest BCUT2D eigenvalue weighted by molar-refractivity contribution is 0.251. The highest BCUT2D eigenvalue weighted by atomic mass is 16.2. The van der Waals surface area contributed by atoms with Crippen molar-refractivity contribution in [3.8, 4) is 0 Å². The minimum atomic E-state index is -0.262. The summed E-state index contributed by atoms with van der Waals surface area (Å²) >= 11 is 0. The number of amides is 2. The van der Waals surface area contributed by atoms with E-state index in [9.17, 15) is 4.79 Å². The van der Waals surface area contributed by atoms with Crippen molar-refractivity contribution in [2.24, 2.45) is 12.8 Å². The zero-order valence-electron chi connectivity index (χ0n) is 10.8. The van der Waals surface area contributed by atoms with Crippen LogP contribution in [0.1, 0.15) is 11.1 Å². The summed E-state index contributed by atoms with van der Waals surface area (Å²) in [5.41, 5.74) is 7.64. The van der Waals surface area contributed by atoms with Gasteiger partial charge in [0.05, 0.1) is 6.20 Å². The Labute approximate surface area is 111 Å². The number of anilines is 1. The second kappa shape index (κ2) is 6.01. The van der Waals surface area contributed by atoms with Crippen LogP contribution in [0.25, 0.3) is 0 Å². The number of carbonyl (C=O) groups is 1. The van der Waals surface area contributed by atoms with E-state index in [4.69, 9.17) is 5.73 Å². The third kappa shape index (κ3) is 3.56. The Morgan fingerprint density at radius 2 is 2.16 bits per heavy atom. The van der Waals surface area contributed by atoms with Gasteiger partial charge < -0.3 is 11.1 Å². The third-order valence-electron chi connectivity index (χ3n) is 2.74. The van der Waals surface area contributed by atoms with Gasteiger partial charge in [-0.25, -0.2) is 4.79 Å². The standard InChI is InChI=1S/C13H17N5O/c1-18-12(5-6-16-18)17-13(19)15-9-11-4-2-3-10(7-11)8-14/h2-7H,8-9,14H2,1H3,(H2,15,17,19). The average Bonchev–Trinajstić information content (AvgIpc) is 2.82. The quantitative estimate of drug-likeness (QED) is 0.771. The molecule has 1 aromatic heterocycles. The van der Waals surface area contributed by atoms with E-state index in [0.29, 0.717) is 18.9 Å². The number of nitrogens with two attached hydrogens (primary N) is 1. The van der Waals surface area contributed by atoms with Gasteiger partial charge >= 0.3 is 6.03 Å². The van der Waals surface area contributed by atoms with Gasteiger partial charge in [0.15, 0.2) is 0 Å². The van der Waals surface area contributed by atoms with Crippen LogP contribution in [0.15, 0.2) is 36.5 Å². The summed E-state index contributed by atoms with van der Waals surface area (Å²) in [5.74, 6) is 0.646. The molecule has 4 N–H and O–H groups in total. The minimum absolute atomic E-state index is 0.262. The van der Waals surface area contributed by atoms with Gasteiger partial charge in [0.1, 0.15) is 5.82 Å². The van der Waals surface area contributed by atoms with Gasteiger partial charge in [-0.05, 0) is 11.1 Å². The van der Waals surface area contributed by atoms with Crippen molar-refractivity contribution in [2.45, 2.75) is 13.1 Å². The molecule has 2 rings (SSSR count). The predicted octanol–water partition coefficient (Wildman–Crippen LogP) is 1.20. The summed E-state index contributed by atoms with van der Waals surface area (Å²) in [6.07, 6.45) is 1.63. The van der Waals surface area contributed by atoms with E-state index in [0.717, 1.165) is 11.1 Å². The Balaban J connectivity index is 1.88. The Hall–Kier alpha value is -2.34. The third-order valence-corrected chi connectivity index (χ3v) is 2.74. The van der Waals surface area contributed by atoms with Crippen LogP contribution in [-0.4, -0.2) is 15.8 Å². The van der Waals surface area contributed by atoms with Crippen LogP contribution in [0.3, 0.4) is 0 Å². The van der Waals surface area contributed by atoms with Gasteiger partial charge in [0.2, 0.25) is 0 Å². The number of nitrogens with zero attached hydrogens (tertiary/aromatic N) is 2. The lowest BCUT2D eigenvalue weighted by Gasteiger charge is -2.08. The van der Waals surface area contributed by atoms with Crippen molar-refractivity contribution in [1.29, 1.82) is 0 Å². The lowest BCUT2D eigenvalue weighted by atomic mass is 10.1. The summed E-state index contributed by atoms with van der Waals surface area (Å²) in [5, 5.41) is 9.47. The molecule has 0 radical (unpaired) electrons. The van der Waals surface area contributed by atoms with Gasteiger partial charge in [-0.3, -0.25) is 10.00 Å². The molecule has 0 fully saturated rings. The fourth-order valence-corrected chi connectivity index (χ4v) is 1.71. The minimum Gasteiger partial charge on any atom is -0.334 e. The number of hydrogen-bond donors (Lipinski definition) is 3. The van der Waals surface area contributed by atoms with Crippen LogP contribution in [0, 0.1) is 0 Å². The fourth-order valence-electron chi connectivity index (χ4n) is 1.71. The molecule has 0 spiro atoms. The molecule has 0 saturated heterocycles. The summed E-state index contributed by atoms with van der Waals surface area (Å²) in [6.45, 7) is 0.951. The Morgan fingerprint density at radius 3 is 2.84 bits per heavy atom. The number of benzene rings is 1. The number of aryl methyl sites for hydroxylation is 1. The van der Waals surface area contributed by atoms with Crippen LogP contribution in [-0.2, 0) is 20.1 Å². The van der Waals surface area contributed by atoms with Gasteiger partial charge in [-0.2, -0.15) is 5.10 Å². The maximum absolute atomic E-state index is 11.7. The molecule has 6 heteroatoms. The summed E-state index contributed by atoms with van der Waals surface area (Å²) < 4.78 is 1.59. The molecule has 0 unspecified atom stereocenters. The van der Waals surface area contributed by atoms with Crippen LogP contribution in [0.4, 0.5) is 10.6 Å². The first kappa shape index (κ1) is 13.1. The van der Waals surface area contributed by atoms with Crippen LogP contribution < -0.4 is 16.4 Å². The molecular formula is C13H17N5O. The van der Waals surface area contributed by atoms with E-state index < -0.39 is 0 Å². The van der Waals surface area contributed by atoms with E-state index in [1.807, 2.05) is 24.3 Å². The summed E-state index contributed by atoms with van der Waals surface area (Å²) in [4.78, 5) is 11.7. The Kier molecular flexibility index (Phi) is 4.15. The van der Waals surface area contributed by atoms with Crippen molar-refractivity contribution in [3.05, 3.63) is 47.7 Å². The van der Waals surface area contributed by atoms with Crippen molar-refractivity contribution in [2.75, 3.05) is 5.32 Å². The van der Waals surface area contributed by atoms with Crippen LogP contribution >= 0.6 is 0 Å². The fraction of sp³-hybridized carbons (Fsp3) is 0.231. The number of carbonyl (C=O) groups excluding carboxylic acids is 1. The molecule has 2 aromatic rings. The summed E-state index contributed by atoms with van der Waals surface area (Å²) in [7, 11) is 1.76. The first-order valence-corrected chi connectivity index (χ1v) is 6.00. The highest BCUT2D eigenvalue weighted by Crippen LogP contribution is 2.05. The van der Waals surface area contributed by atoms with E-state index in [2.05, 4.69) is 15.7 Å². The van der Waals surface area contributed by atoms with Gasteiger partial charge in [0.25, 0.3) is 0 Å². The zero-order valence-corrected chi connectivity index (χ0v) is 10.8. The Morgan fingerprint density at radius 1 is 1.37 bits per heavy atom. The molecule has 0 atom stereocenters. The normalized spacial score (nSPS) is 10.2. The van der Waals surface area contributed by atoms with Gasteiger partial charge in [0, 0.05) is 26.2 Å². The maximum Gasteiger partial charge on any atom is 0.320 e. The highest BCUT2D eigenvalue weighted by molar-refractivity contribution is 5.88. The highest BCUT2D eigenvalue weighted by Gasteiger charge is 2.04. The zero-order chi connectivity index (χ0) is 13.7. The second-order valence-electron chi connectivity index (χ2n) is 4.17. The van der Waals surface area contributed by atoms with Gasteiger partial charge in [-0.1, -0.05) is 24.3 Å². The molecule has 0 saturated carbocycles. The smallest absolute Gasteiger partial charge is 0.320 e. The first-order chi connectivity index (χ1) is 9.19. The van der Waals surface area contributed by atoms with Gasteiger partial charge in [-0.15, -0.1) is 0 Å². The number of aromatic nitrogens is 2. The molecule has 0 aliphatic heterocycles. The van der Waals surface area contributed by atoms with E-state index >= 15 is 0 Å². The molecule has 1 aromatic carbocycles. The molecule has 0 aliphatic carbocycles. The Bertz CT molecular complexity index is 564. The molecule has 0 bridgehead atoms. The number of nitrogens with one attached hydrogen (secondary N) is 2. The van der Waals surface area contributed by atoms with Crippen LogP contribution in [0.5, 0.6) is 0 Å². The van der Waals surface area contributed by atoms with Crippen LogP contribution in [0.2, 0.25) is 0 Å². The molecule has 100 valence electrons. The van der Waals surface area contributed by atoms with Crippen molar-refractivity contribution in [1.82, 2.24) is 15.1 Å². The molecule has 19 heavy (non-hydrogen) atoms. The number of hydrogen-bond acceptors (Lipinski definition) is 3. The predicted molar refractivity (Wildman–Crippen MR) is 73.4 cm³/mol.